The molecule has 1 aliphatic rings. The van der Waals surface area contributed by atoms with E-state index in [9.17, 15) is 0 Å². The van der Waals surface area contributed by atoms with E-state index >= 15 is 0 Å². The van der Waals surface area contributed by atoms with Gasteiger partial charge in [0.15, 0.2) is 0 Å². The molecule has 1 saturated carbocycles. The Hall–Kier alpha value is -0.490. The highest BCUT2D eigenvalue weighted by molar-refractivity contribution is 6.20. The zero-order valence-corrected chi connectivity index (χ0v) is 11.1. The van der Waals surface area contributed by atoms with Crippen molar-refractivity contribution in [2.24, 2.45) is 0 Å². The normalized spacial score (nSPS) is 26.4. The molecule has 0 heterocycles. The van der Waals surface area contributed by atoms with Crippen molar-refractivity contribution < 1.29 is 0 Å². The minimum atomic E-state index is 0.383. The van der Waals surface area contributed by atoms with Crippen molar-refractivity contribution in [3.05, 3.63) is 34.9 Å². The first-order valence-electron chi connectivity index (χ1n) is 6.38. The molecule has 1 aromatic rings. The second kappa shape index (κ2) is 5.23. The van der Waals surface area contributed by atoms with Crippen molar-refractivity contribution in [3.8, 4) is 0 Å². The molecule has 0 aliphatic heterocycles. The summed E-state index contributed by atoms with van der Waals surface area (Å²) in [6.07, 6.45) is 6.30. The van der Waals surface area contributed by atoms with E-state index in [-0.39, 0.29) is 0 Å². The third-order valence-corrected chi connectivity index (χ3v) is 4.26. The van der Waals surface area contributed by atoms with Gasteiger partial charge in [0.05, 0.1) is 0 Å². The fourth-order valence-electron chi connectivity index (χ4n) is 2.62. The molecule has 0 spiro atoms. The van der Waals surface area contributed by atoms with E-state index in [0.717, 1.165) is 6.42 Å². The monoisotopic (exact) mass is 236 g/mol. The Morgan fingerprint density at radius 1 is 1.06 bits per heavy atom. The Labute approximate surface area is 104 Å². The quantitative estimate of drug-likeness (QED) is 0.478. The molecule has 0 radical (unpaired) electrons. The van der Waals surface area contributed by atoms with E-state index in [4.69, 9.17) is 11.6 Å². The van der Waals surface area contributed by atoms with Gasteiger partial charge >= 0.3 is 0 Å². The predicted molar refractivity (Wildman–Crippen MR) is 71.4 cm³/mol. The summed E-state index contributed by atoms with van der Waals surface area (Å²) in [5.41, 5.74) is 4.29. The molecule has 1 aromatic carbocycles. The van der Waals surface area contributed by atoms with Gasteiger partial charge in [0.2, 0.25) is 0 Å². The Balaban J connectivity index is 2.18. The number of hydrogen-bond donors (Lipinski definition) is 0. The standard InChI is InChI=1S/C15H21Cl/c1-11-7-8-14(9-12(11)2)13-5-3-4-6-15(16)10-13/h7-9,13,15H,3-6,10H2,1-2H3. The molecule has 1 fully saturated rings. The van der Waals surface area contributed by atoms with Crippen LogP contribution in [-0.2, 0) is 0 Å². The van der Waals surface area contributed by atoms with Crippen LogP contribution in [0.5, 0.6) is 0 Å². The molecule has 0 bridgehead atoms. The van der Waals surface area contributed by atoms with Crippen molar-refractivity contribution in [3.63, 3.8) is 0 Å². The molecule has 0 saturated heterocycles. The molecule has 2 unspecified atom stereocenters. The van der Waals surface area contributed by atoms with Gasteiger partial charge in [0.25, 0.3) is 0 Å². The molecule has 16 heavy (non-hydrogen) atoms. The van der Waals surface area contributed by atoms with Crippen molar-refractivity contribution in [1.82, 2.24) is 0 Å². The fraction of sp³-hybridized carbons (Fsp3) is 0.600. The molecule has 0 amide bonds. The van der Waals surface area contributed by atoms with Crippen molar-refractivity contribution >= 4 is 11.6 Å². The SMILES string of the molecule is Cc1ccc(C2CCCCC(Cl)C2)cc1C. The summed E-state index contributed by atoms with van der Waals surface area (Å²) in [6.45, 7) is 4.38. The lowest BCUT2D eigenvalue weighted by Crippen LogP contribution is -2.04. The van der Waals surface area contributed by atoms with Crippen LogP contribution in [0.25, 0.3) is 0 Å². The zero-order chi connectivity index (χ0) is 11.5. The number of rotatable bonds is 1. The third kappa shape index (κ3) is 2.79. The summed E-state index contributed by atoms with van der Waals surface area (Å²) >= 11 is 6.34. The predicted octanol–water partition coefficient (Wildman–Crippen LogP) is 4.96. The maximum Gasteiger partial charge on any atom is 0.0341 e. The summed E-state index contributed by atoms with van der Waals surface area (Å²) in [5.74, 6) is 0.685. The highest BCUT2D eigenvalue weighted by Crippen LogP contribution is 2.34. The number of hydrogen-bond acceptors (Lipinski definition) is 0. The van der Waals surface area contributed by atoms with Gasteiger partial charge in [0.1, 0.15) is 0 Å². The second-order valence-corrected chi connectivity index (χ2v) is 5.78. The first-order chi connectivity index (χ1) is 7.66. The number of halogens is 1. The summed E-state index contributed by atoms with van der Waals surface area (Å²) in [7, 11) is 0. The number of alkyl halides is 1. The van der Waals surface area contributed by atoms with Crippen LogP contribution in [0.4, 0.5) is 0 Å². The average Bonchev–Trinajstić information content (AvgIpc) is 2.47. The van der Waals surface area contributed by atoms with Crippen LogP contribution < -0.4 is 0 Å². The highest BCUT2D eigenvalue weighted by Gasteiger charge is 2.20. The van der Waals surface area contributed by atoms with Gasteiger partial charge in [-0.25, -0.2) is 0 Å². The Morgan fingerprint density at radius 2 is 1.81 bits per heavy atom. The molecular weight excluding hydrogens is 216 g/mol. The topological polar surface area (TPSA) is 0 Å². The first-order valence-corrected chi connectivity index (χ1v) is 6.81. The summed E-state index contributed by atoms with van der Waals surface area (Å²) in [4.78, 5) is 0. The number of aryl methyl sites for hydroxylation is 2. The van der Waals surface area contributed by atoms with Gasteiger partial charge in [-0.1, -0.05) is 31.0 Å². The molecule has 2 rings (SSSR count). The van der Waals surface area contributed by atoms with Crippen LogP contribution in [0.3, 0.4) is 0 Å². The van der Waals surface area contributed by atoms with Crippen LogP contribution in [0.1, 0.15) is 54.7 Å². The third-order valence-electron chi connectivity index (χ3n) is 3.86. The van der Waals surface area contributed by atoms with E-state index in [1.54, 1.807) is 0 Å². The smallest absolute Gasteiger partial charge is 0.0341 e. The Morgan fingerprint density at radius 3 is 2.56 bits per heavy atom. The van der Waals surface area contributed by atoms with E-state index in [2.05, 4.69) is 32.0 Å². The van der Waals surface area contributed by atoms with E-state index in [1.807, 2.05) is 0 Å². The zero-order valence-electron chi connectivity index (χ0n) is 10.3. The van der Waals surface area contributed by atoms with E-state index in [1.165, 1.54) is 42.4 Å². The molecule has 2 atom stereocenters. The van der Waals surface area contributed by atoms with Gasteiger partial charge in [-0.05, 0) is 55.7 Å². The largest absolute Gasteiger partial charge is 0.123 e. The lowest BCUT2D eigenvalue weighted by molar-refractivity contribution is 0.595. The van der Waals surface area contributed by atoms with Crippen LogP contribution >= 0.6 is 11.6 Å². The molecule has 1 heteroatoms. The molecule has 1 aliphatic carbocycles. The summed E-state index contributed by atoms with van der Waals surface area (Å²) in [5, 5.41) is 0.383. The maximum absolute atomic E-state index is 6.34. The van der Waals surface area contributed by atoms with Gasteiger partial charge in [-0.15, -0.1) is 11.6 Å². The summed E-state index contributed by atoms with van der Waals surface area (Å²) < 4.78 is 0. The highest BCUT2D eigenvalue weighted by atomic mass is 35.5. The van der Waals surface area contributed by atoms with Crippen LogP contribution in [0.2, 0.25) is 0 Å². The van der Waals surface area contributed by atoms with Crippen molar-refractivity contribution in [2.45, 2.75) is 57.2 Å². The molecule has 88 valence electrons. The Kier molecular flexibility index (Phi) is 3.91. The van der Waals surface area contributed by atoms with Crippen LogP contribution in [0, 0.1) is 13.8 Å². The van der Waals surface area contributed by atoms with Crippen molar-refractivity contribution in [1.29, 1.82) is 0 Å². The number of benzene rings is 1. The van der Waals surface area contributed by atoms with Gasteiger partial charge in [-0.2, -0.15) is 0 Å². The van der Waals surface area contributed by atoms with E-state index in [0.29, 0.717) is 11.3 Å². The van der Waals surface area contributed by atoms with Crippen LogP contribution in [0.15, 0.2) is 18.2 Å². The molecule has 0 nitrogen and oxygen atoms in total. The maximum atomic E-state index is 6.34. The lowest BCUT2D eigenvalue weighted by Gasteiger charge is -2.17. The Bertz CT molecular complexity index is 356. The summed E-state index contributed by atoms with van der Waals surface area (Å²) in [6, 6.07) is 6.90. The average molecular weight is 237 g/mol. The molecule has 0 N–H and O–H groups in total. The minimum absolute atomic E-state index is 0.383. The van der Waals surface area contributed by atoms with E-state index < -0.39 is 0 Å². The molecular formula is C15H21Cl. The minimum Gasteiger partial charge on any atom is -0.123 e. The lowest BCUT2D eigenvalue weighted by atomic mass is 9.90. The molecule has 0 aromatic heterocycles. The second-order valence-electron chi connectivity index (χ2n) is 5.16. The van der Waals surface area contributed by atoms with Crippen LogP contribution in [-0.4, -0.2) is 5.38 Å². The fourth-order valence-corrected chi connectivity index (χ4v) is 2.99. The van der Waals surface area contributed by atoms with Gasteiger partial charge in [-0.3, -0.25) is 0 Å². The van der Waals surface area contributed by atoms with Gasteiger partial charge in [0, 0.05) is 5.38 Å². The first kappa shape index (κ1) is 12.0. The van der Waals surface area contributed by atoms with Crippen molar-refractivity contribution in [2.75, 3.05) is 0 Å². The van der Waals surface area contributed by atoms with Gasteiger partial charge < -0.3 is 0 Å².